The number of nitrogens with two attached hydrogens (primary N) is 1. The third-order valence-electron chi connectivity index (χ3n) is 2.62. The number of hydrogen-bond donors (Lipinski definition) is 2. The summed E-state index contributed by atoms with van der Waals surface area (Å²) in [5, 5.41) is 6.94. The van der Waals surface area contributed by atoms with Gasteiger partial charge in [-0.3, -0.25) is 9.48 Å². The van der Waals surface area contributed by atoms with Crippen molar-refractivity contribution in [1.29, 1.82) is 0 Å². The molecule has 2 rings (SSSR count). The molecule has 0 aromatic carbocycles. The molecule has 19 heavy (non-hydrogen) atoms. The van der Waals surface area contributed by atoms with E-state index in [-0.39, 0.29) is 11.9 Å². The monoisotopic (exact) mass is 259 g/mol. The van der Waals surface area contributed by atoms with E-state index in [0.717, 1.165) is 0 Å². The SMILES string of the molecule is Cc1cc(C(=O)Nc2cnn(C(C)C)c2)cc(N)n1. The Morgan fingerprint density at radius 2 is 2.16 bits per heavy atom. The average molecular weight is 259 g/mol. The molecule has 0 aliphatic heterocycles. The molecule has 0 saturated carbocycles. The van der Waals surface area contributed by atoms with Gasteiger partial charge in [0.1, 0.15) is 5.82 Å². The van der Waals surface area contributed by atoms with Crippen molar-refractivity contribution in [1.82, 2.24) is 14.8 Å². The van der Waals surface area contributed by atoms with E-state index in [1.54, 1.807) is 36.1 Å². The van der Waals surface area contributed by atoms with Crippen LogP contribution in [0.1, 0.15) is 35.9 Å². The molecule has 0 spiro atoms. The maximum absolute atomic E-state index is 12.1. The number of carbonyl (C=O) groups is 1. The third-order valence-corrected chi connectivity index (χ3v) is 2.62. The first-order valence-electron chi connectivity index (χ1n) is 6.05. The van der Waals surface area contributed by atoms with Gasteiger partial charge in [0.05, 0.1) is 11.9 Å². The minimum absolute atomic E-state index is 0.222. The fourth-order valence-electron chi connectivity index (χ4n) is 1.71. The normalized spacial score (nSPS) is 10.7. The minimum Gasteiger partial charge on any atom is -0.384 e. The van der Waals surface area contributed by atoms with E-state index in [9.17, 15) is 4.79 Å². The number of aryl methyl sites for hydroxylation is 1. The van der Waals surface area contributed by atoms with Crippen LogP contribution in [0.3, 0.4) is 0 Å². The molecule has 1 amide bonds. The number of rotatable bonds is 3. The molecule has 0 aliphatic rings. The van der Waals surface area contributed by atoms with Gasteiger partial charge < -0.3 is 11.1 Å². The molecule has 0 unspecified atom stereocenters. The third kappa shape index (κ3) is 3.09. The van der Waals surface area contributed by atoms with Gasteiger partial charge in [0, 0.05) is 23.5 Å². The number of hydrogen-bond acceptors (Lipinski definition) is 4. The summed E-state index contributed by atoms with van der Waals surface area (Å²) in [6.07, 6.45) is 3.41. The molecular formula is C13H17N5O. The second-order valence-electron chi connectivity index (χ2n) is 4.68. The number of nitrogens with zero attached hydrogens (tertiary/aromatic N) is 3. The fourth-order valence-corrected chi connectivity index (χ4v) is 1.71. The van der Waals surface area contributed by atoms with Gasteiger partial charge in [0.25, 0.3) is 5.91 Å². The summed E-state index contributed by atoms with van der Waals surface area (Å²) in [5.41, 5.74) is 7.49. The van der Waals surface area contributed by atoms with Gasteiger partial charge in [0.15, 0.2) is 0 Å². The highest BCUT2D eigenvalue weighted by Gasteiger charge is 2.10. The van der Waals surface area contributed by atoms with Crippen molar-refractivity contribution < 1.29 is 4.79 Å². The van der Waals surface area contributed by atoms with Gasteiger partial charge in [-0.05, 0) is 32.9 Å². The molecule has 100 valence electrons. The Morgan fingerprint density at radius 3 is 2.74 bits per heavy atom. The maximum atomic E-state index is 12.1. The zero-order chi connectivity index (χ0) is 14.0. The first kappa shape index (κ1) is 13.1. The highest BCUT2D eigenvalue weighted by atomic mass is 16.1. The van der Waals surface area contributed by atoms with Crippen LogP contribution < -0.4 is 11.1 Å². The molecule has 0 aliphatic carbocycles. The topological polar surface area (TPSA) is 85.8 Å². The zero-order valence-electron chi connectivity index (χ0n) is 11.2. The van der Waals surface area contributed by atoms with E-state index in [1.165, 1.54) is 0 Å². The smallest absolute Gasteiger partial charge is 0.255 e. The number of anilines is 2. The Bertz CT molecular complexity index is 583. The molecule has 3 N–H and O–H groups in total. The van der Waals surface area contributed by atoms with Crippen LogP contribution in [0, 0.1) is 6.92 Å². The molecule has 2 aromatic rings. The number of amides is 1. The van der Waals surface area contributed by atoms with E-state index < -0.39 is 0 Å². The summed E-state index contributed by atoms with van der Waals surface area (Å²) in [5.74, 6) is 0.114. The van der Waals surface area contributed by atoms with Crippen LogP contribution in [0.4, 0.5) is 11.5 Å². The van der Waals surface area contributed by atoms with E-state index in [2.05, 4.69) is 15.4 Å². The second kappa shape index (κ2) is 5.09. The lowest BCUT2D eigenvalue weighted by Gasteiger charge is -2.05. The Morgan fingerprint density at radius 1 is 1.42 bits per heavy atom. The average Bonchev–Trinajstić information content (AvgIpc) is 2.76. The van der Waals surface area contributed by atoms with Crippen LogP contribution >= 0.6 is 0 Å². The summed E-state index contributed by atoms with van der Waals surface area (Å²) in [6.45, 7) is 5.83. The molecule has 0 saturated heterocycles. The van der Waals surface area contributed by atoms with E-state index >= 15 is 0 Å². The van der Waals surface area contributed by atoms with Crippen LogP contribution in [-0.2, 0) is 0 Å². The van der Waals surface area contributed by atoms with Gasteiger partial charge in [-0.25, -0.2) is 4.98 Å². The van der Waals surface area contributed by atoms with Gasteiger partial charge in [-0.2, -0.15) is 5.10 Å². The summed E-state index contributed by atoms with van der Waals surface area (Å²) in [6, 6.07) is 3.50. The Balaban J connectivity index is 2.15. The van der Waals surface area contributed by atoms with Gasteiger partial charge in [-0.1, -0.05) is 0 Å². The van der Waals surface area contributed by atoms with Crippen molar-refractivity contribution in [2.75, 3.05) is 11.1 Å². The molecule has 2 aromatic heterocycles. The molecule has 0 fully saturated rings. The Kier molecular flexibility index (Phi) is 3.50. The predicted molar refractivity (Wildman–Crippen MR) is 74.0 cm³/mol. The van der Waals surface area contributed by atoms with Crippen LogP contribution in [0.25, 0.3) is 0 Å². The number of aromatic nitrogens is 3. The van der Waals surface area contributed by atoms with Gasteiger partial charge >= 0.3 is 0 Å². The van der Waals surface area contributed by atoms with E-state index in [0.29, 0.717) is 22.8 Å². The lowest BCUT2D eigenvalue weighted by molar-refractivity contribution is 0.102. The summed E-state index contributed by atoms with van der Waals surface area (Å²) < 4.78 is 1.78. The fraction of sp³-hybridized carbons (Fsp3) is 0.308. The van der Waals surface area contributed by atoms with Crippen LogP contribution in [0.2, 0.25) is 0 Å². The van der Waals surface area contributed by atoms with Crippen LogP contribution in [0.5, 0.6) is 0 Å². The van der Waals surface area contributed by atoms with Crippen molar-refractivity contribution in [2.45, 2.75) is 26.8 Å². The lowest BCUT2D eigenvalue weighted by Crippen LogP contribution is -2.12. The van der Waals surface area contributed by atoms with Crippen molar-refractivity contribution >= 4 is 17.4 Å². The molecular weight excluding hydrogens is 242 g/mol. The number of nitrogen functional groups attached to an aromatic ring is 1. The molecule has 2 heterocycles. The van der Waals surface area contributed by atoms with Crippen molar-refractivity contribution in [2.24, 2.45) is 0 Å². The highest BCUT2D eigenvalue weighted by Crippen LogP contribution is 2.13. The highest BCUT2D eigenvalue weighted by molar-refractivity contribution is 6.04. The van der Waals surface area contributed by atoms with Crippen molar-refractivity contribution in [3.8, 4) is 0 Å². The minimum atomic E-state index is -0.222. The molecule has 6 heteroatoms. The number of pyridine rings is 1. The van der Waals surface area contributed by atoms with Crippen LogP contribution in [-0.4, -0.2) is 20.7 Å². The van der Waals surface area contributed by atoms with Gasteiger partial charge in [0.2, 0.25) is 0 Å². The Hall–Kier alpha value is -2.37. The van der Waals surface area contributed by atoms with Crippen molar-refractivity contribution in [3.63, 3.8) is 0 Å². The van der Waals surface area contributed by atoms with E-state index in [1.807, 2.05) is 13.8 Å². The van der Waals surface area contributed by atoms with E-state index in [4.69, 9.17) is 5.73 Å². The van der Waals surface area contributed by atoms with Crippen molar-refractivity contribution in [3.05, 3.63) is 35.8 Å². The summed E-state index contributed by atoms with van der Waals surface area (Å²) in [4.78, 5) is 16.1. The quantitative estimate of drug-likeness (QED) is 0.882. The number of nitrogens with one attached hydrogen (secondary N) is 1. The standard InChI is InChI=1S/C13H17N5O/c1-8(2)18-7-11(6-15-18)17-13(19)10-4-9(3)16-12(14)5-10/h4-8H,1-3H3,(H2,14,16)(H,17,19). The maximum Gasteiger partial charge on any atom is 0.255 e. The largest absolute Gasteiger partial charge is 0.384 e. The predicted octanol–water partition coefficient (Wildman–Crippen LogP) is 2.00. The van der Waals surface area contributed by atoms with Gasteiger partial charge in [-0.15, -0.1) is 0 Å². The first-order valence-corrected chi connectivity index (χ1v) is 6.05. The molecule has 0 atom stereocenters. The summed E-state index contributed by atoms with van der Waals surface area (Å²) in [7, 11) is 0. The number of carbonyl (C=O) groups excluding carboxylic acids is 1. The molecule has 6 nitrogen and oxygen atoms in total. The lowest BCUT2D eigenvalue weighted by atomic mass is 10.2. The molecule has 0 bridgehead atoms. The summed E-state index contributed by atoms with van der Waals surface area (Å²) >= 11 is 0. The Labute approximate surface area is 111 Å². The molecule has 0 radical (unpaired) electrons. The van der Waals surface area contributed by atoms with Crippen LogP contribution in [0.15, 0.2) is 24.5 Å². The first-order chi connectivity index (χ1) is 8.95. The second-order valence-corrected chi connectivity index (χ2v) is 4.68. The zero-order valence-corrected chi connectivity index (χ0v) is 11.2.